The van der Waals surface area contributed by atoms with Crippen molar-refractivity contribution in [3.8, 4) is 5.75 Å². The summed E-state index contributed by atoms with van der Waals surface area (Å²) in [6, 6.07) is 21.1. The zero-order chi connectivity index (χ0) is 23.9. The molecule has 0 radical (unpaired) electrons. The van der Waals surface area contributed by atoms with Crippen LogP contribution in [0.4, 0.5) is 0 Å². The molecule has 7 nitrogen and oxygen atoms in total. The summed E-state index contributed by atoms with van der Waals surface area (Å²) in [7, 11) is -2.52. The van der Waals surface area contributed by atoms with Gasteiger partial charge >= 0.3 is 5.63 Å². The van der Waals surface area contributed by atoms with E-state index in [0.29, 0.717) is 33.0 Å². The molecule has 0 N–H and O–H groups in total. The average molecular weight is 495 g/mol. The van der Waals surface area contributed by atoms with Crippen LogP contribution in [-0.4, -0.2) is 25.7 Å². The third-order valence-corrected chi connectivity index (χ3v) is 7.62. The minimum Gasteiger partial charge on any atom is -0.496 e. The number of benzene rings is 3. The molecule has 1 aliphatic heterocycles. The van der Waals surface area contributed by atoms with E-state index >= 15 is 0 Å². The number of rotatable bonds is 5. The van der Waals surface area contributed by atoms with E-state index in [2.05, 4.69) is 5.10 Å². The van der Waals surface area contributed by atoms with Gasteiger partial charge in [0.2, 0.25) is 0 Å². The van der Waals surface area contributed by atoms with Gasteiger partial charge in [0.15, 0.2) is 5.58 Å². The minimum absolute atomic E-state index is 0.0687. The molecule has 0 amide bonds. The molecule has 0 bridgehead atoms. The number of sulfonamides is 1. The first-order valence-electron chi connectivity index (χ1n) is 10.4. The largest absolute Gasteiger partial charge is 0.496 e. The molecule has 9 heteroatoms. The van der Waals surface area contributed by atoms with Crippen molar-refractivity contribution in [2.75, 3.05) is 7.11 Å². The Labute approximate surface area is 200 Å². The fourth-order valence-corrected chi connectivity index (χ4v) is 5.62. The first-order valence-corrected chi connectivity index (χ1v) is 12.2. The fraction of sp³-hybridized carbons (Fsp3) is 0.120. The summed E-state index contributed by atoms with van der Waals surface area (Å²) in [6.45, 7) is 0. The Morgan fingerprint density at radius 1 is 1.00 bits per heavy atom. The lowest BCUT2D eigenvalue weighted by Gasteiger charge is -2.23. The molecule has 1 aromatic heterocycles. The summed E-state index contributed by atoms with van der Waals surface area (Å²) in [5.41, 5.74) is 1.43. The first-order chi connectivity index (χ1) is 16.4. The monoisotopic (exact) mass is 494 g/mol. The summed E-state index contributed by atoms with van der Waals surface area (Å²) in [6.07, 6.45) is 0.255. The van der Waals surface area contributed by atoms with Crippen LogP contribution in [0.3, 0.4) is 0 Å². The molecule has 172 valence electrons. The second-order valence-electron chi connectivity index (χ2n) is 7.72. The highest BCUT2D eigenvalue weighted by Gasteiger charge is 2.39. The quantitative estimate of drug-likeness (QED) is 0.364. The number of methoxy groups -OCH3 is 1. The van der Waals surface area contributed by atoms with Gasteiger partial charge in [-0.1, -0.05) is 41.9 Å². The third kappa shape index (κ3) is 3.85. The van der Waals surface area contributed by atoms with Crippen molar-refractivity contribution in [1.82, 2.24) is 4.41 Å². The number of hydrazone groups is 1. The lowest BCUT2D eigenvalue weighted by atomic mass is 9.97. The predicted octanol–water partition coefficient (Wildman–Crippen LogP) is 5.00. The highest BCUT2D eigenvalue weighted by Crippen LogP contribution is 2.40. The molecular weight excluding hydrogens is 476 g/mol. The van der Waals surface area contributed by atoms with Gasteiger partial charge in [-0.2, -0.15) is 17.9 Å². The second kappa shape index (κ2) is 8.62. The Morgan fingerprint density at radius 3 is 2.41 bits per heavy atom. The van der Waals surface area contributed by atoms with Gasteiger partial charge in [0.05, 0.1) is 29.3 Å². The number of hydrogen-bond acceptors (Lipinski definition) is 6. The van der Waals surface area contributed by atoms with E-state index in [1.54, 1.807) is 18.2 Å². The van der Waals surface area contributed by atoms with Crippen molar-refractivity contribution in [2.45, 2.75) is 17.4 Å². The van der Waals surface area contributed by atoms with Crippen molar-refractivity contribution in [3.63, 3.8) is 0 Å². The molecule has 4 aromatic rings. The molecule has 1 aliphatic rings. The molecule has 1 unspecified atom stereocenters. The van der Waals surface area contributed by atoms with Crippen LogP contribution < -0.4 is 10.4 Å². The Bertz CT molecular complexity index is 1560. The van der Waals surface area contributed by atoms with E-state index in [4.69, 9.17) is 20.8 Å². The molecule has 34 heavy (non-hydrogen) atoms. The maximum absolute atomic E-state index is 13.6. The van der Waals surface area contributed by atoms with Gasteiger partial charge in [-0.15, -0.1) is 0 Å². The summed E-state index contributed by atoms with van der Waals surface area (Å²) >= 11 is 5.97. The van der Waals surface area contributed by atoms with E-state index in [1.165, 1.54) is 37.4 Å². The Kier molecular flexibility index (Phi) is 5.63. The number of nitrogens with zero attached hydrogens (tertiary/aromatic N) is 2. The highest BCUT2D eigenvalue weighted by atomic mass is 35.5. The van der Waals surface area contributed by atoms with Crippen molar-refractivity contribution in [1.29, 1.82) is 0 Å². The van der Waals surface area contributed by atoms with E-state index < -0.39 is 21.7 Å². The van der Waals surface area contributed by atoms with Gasteiger partial charge in [-0.25, -0.2) is 4.79 Å². The lowest BCUT2D eigenvalue weighted by Crippen LogP contribution is -2.27. The zero-order valence-corrected chi connectivity index (χ0v) is 19.6. The Morgan fingerprint density at radius 2 is 1.71 bits per heavy atom. The molecule has 0 saturated carbocycles. The normalized spacial score (nSPS) is 16.0. The lowest BCUT2D eigenvalue weighted by molar-refractivity contribution is 0.371. The molecule has 1 atom stereocenters. The molecule has 2 heterocycles. The maximum atomic E-state index is 13.6. The van der Waals surface area contributed by atoms with Crippen LogP contribution in [0.15, 0.2) is 98.1 Å². The van der Waals surface area contributed by atoms with Crippen LogP contribution in [-0.2, 0) is 10.0 Å². The van der Waals surface area contributed by atoms with Crippen LogP contribution in [0.25, 0.3) is 11.0 Å². The molecule has 0 fully saturated rings. The van der Waals surface area contributed by atoms with Gasteiger partial charge in [-0.05, 0) is 48.0 Å². The highest BCUT2D eigenvalue weighted by molar-refractivity contribution is 7.89. The van der Waals surface area contributed by atoms with Crippen LogP contribution in [0, 0.1) is 0 Å². The van der Waals surface area contributed by atoms with Crippen LogP contribution in [0.1, 0.15) is 23.6 Å². The zero-order valence-electron chi connectivity index (χ0n) is 18.0. The standard InChI is InChI=1S/C25H19ClN2O5S/c1-32-22-13-7-17-8-14-23(29)33-25(17)24(22)20-15-21(16-5-3-2-4-6-16)28(27-20)34(30,31)19-11-9-18(26)10-12-19/h2-14,21H,15H2,1H3. The topological polar surface area (TPSA) is 89.2 Å². The second-order valence-corrected chi connectivity index (χ2v) is 9.96. The van der Waals surface area contributed by atoms with E-state index in [1.807, 2.05) is 30.3 Å². The molecule has 0 spiro atoms. The Hall–Kier alpha value is -3.62. The van der Waals surface area contributed by atoms with Crippen molar-refractivity contribution in [3.05, 3.63) is 105 Å². The number of fused-ring (bicyclic) bond motifs is 1. The van der Waals surface area contributed by atoms with Gasteiger partial charge in [0.25, 0.3) is 10.0 Å². The maximum Gasteiger partial charge on any atom is 0.336 e. The molecule has 3 aromatic carbocycles. The molecular formula is C25H19ClN2O5S. The van der Waals surface area contributed by atoms with Crippen LogP contribution in [0.5, 0.6) is 5.75 Å². The first kappa shape index (κ1) is 22.2. The molecule has 5 rings (SSSR count). The molecule has 0 saturated heterocycles. The van der Waals surface area contributed by atoms with Crippen LogP contribution in [0.2, 0.25) is 5.02 Å². The van der Waals surface area contributed by atoms with Crippen molar-refractivity contribution in [2.24, 2.45) is 5.10 Å². The van der Waals surface area contributed by atoms with E-state index in [9.17, 15) is 13.2 Å². The third-order valence-electron chi connectivity index (χ3n) is 5.67. The predicted molar refractivity (Wildman–Crippen MR) is 130 cm³/mol. The smallest absolute Gasteiger partial charge is 0.336 e. The van der Waals surface area contributed by atoms with Gasteiger partial charge in [-0.3, -0.25) is 0 Å². The van der Waals surface area contributed by atoms with E-state index in [0.717, 1.165) is 9.98 Å². The minimum atomic E-state index is -4.02. The van der Waals surface area contributed by atoms with Crippen LogP contribution >= 0.6 is 11.6 Å². The fourth-order valence-electron chi connectivity index (χ4n) is 4.06. The van der Waals surface area contributed by atoms with E-state index in [-0.39, 0.29) is 11.3 Å². The number of halogens is 1. The van der Waals surface area contributed by atoms with Gasteiger partial charge in [0, 0.05) is 22.9 Å². The van der Waals surface area contributed by atoms with Gasteiger partial charge in [0.1, 0.15) is 5.75 Å². The summed E-state index contributed by atoms with van der Waals surface area (Å²) in [4.78, 5) is 12.1. The average Bonchev–Trinajstić information content (AvgIpc) is 3.30. The summed E-state index contributed by atoms with van der Waals surface area (Å²) in [5, 5.41) is 5.67. The van der Waals surface area contributed by atoms with Crippen molar-refractivity contribution >= 4 is 38.3 Å². The summed E-state index contributed by atoms with van der Waals surface area (Å²) < 4.78 is 39.5. The van der Waals surface area contributed by atoms with Crippen molar-refractivity contribution < 1.29 is 17.6 Å². The summed E-state index contributed by atoms with van der Waals surface area (Å²) in [5.74, 6) is 0.429. The molecule has 0 aliphatic carbocycles. The Balaban J connectivity index is 1.72. The number of hydrogen-bond donors (Lipinski definition) is 0. The number of ether oxygens (including phenoxy) is 1. The SMILES string of the molecule is COc1ccc2ccc(=O)oc2c1C1=NN(S(=O)(=O)c2ccc(Cl)cc2)C(c2ccccc2)C1. The van der Waals surface area contributed by atoms with Gasteiger partial charge < -0.3 is 9.15 Å².